The molecule has 0 bridgehead atoms. The minimum absolute atomic E-state index is 0.0946. The van der Waals surface area contributed by atoms with Crippen LogP contribution in [0.3, 0.4) is 0 Å². The quantitative estimate of drug-likeness (QED) is 0.690. The fourth-order valence-electron chi connectivity index (χ4n) is 2.32. The molecule has 0 aliphatic heterocycles. The largest absolute Gasteiger partial charge is 0.343 e. The highest BCUT2D eigenvalue weighted by Gasteiger charge is 2.09. The molecule has 0 radical (unpaired) electrons. The van der Waals surface area contributed by atoms with Crippen molar-refractivity contribution in [3.05, 3.63) is 83.1 Å². The third kappa shape index (κ3) is 4.58. The van der Waals surface area contributed by atoms with Gasteiger partial charge in [0.25, 0.3) is 5.91 Å². The maximum atomic E-state index is 12.3. The molecule has 1 aromatic heterocycles. The number of carbonyl (C=O) groups is 2. The van der Waals surface area contributed by atoms with Gasteiger partial charge in [-0.2, -0.15) is 0 Å². The van der Waals surface area contributed by atoms with E-state index >= 15 is 0 Å². The zero-order valence-electron chi connectivity index (χ0n) is 13.3. The maximum Gasteiger partial charge on any atom is 0.251 e. The molecular formula is C19H16BrN3O2. The highest BCUT2D eigenvalue weighted by molar-refractivity contribution is 9.10. The highest BCUT2D eigenvalue weighted by atomic mass is 79.9. The Bertz CT molecular complexity index is 874. The Morgan fingerprint density at radius 1 is 0.960 bits per heavy atom. The van der Waals surface area contributed by atoms with Crippen molar-refractivity contribution in [2.75, 3.05) is 11.9 Å². The molecule has 0 saturated heterocycles. The number of carbonyl (C=O) groups excluding carboxylic acids is 2. The first-order valence-corrected chi connectivity index (χ1v) is 8.48. The third-order valence-electron chi connectivity index (χ3n) is 3.55. The average Bonchev–Trinajstić information content (AvgIpc) is 3.16. The summed E-state index contributed by atoms with van der Waals surface area (Å²) in [5.74, 6) is -0.572. The Labute approximate surface area is 153 Å². The van der Waals surface area contributed by atoms with Gasteiger partial charge >= 0.3 is 0 Å². The monoisotopic (exact) mass is 397 g/mol. The van der Waals surface area contributed by atoms with E-state index in [2.05, 4.69) is 26.6 Å². The van der Waals surface area contributed by atoms with Crippen LogP contribution in [0, 0.1) is 0 Å². The topological polar surface area (TPSA) is 63.1 Å². The van der Waals surface area contributed by atoms with Gasteiger partial charge in [0.1, 0.15) is 0 Å². The second-order valence-corrected chi connectivity index (χ2v) is 6.29. The summed E-state index contributed by atoms with van der Waals surface area (Å²) in [6, 6.07) is 18.3. The van der Waals surface area contributed by atoms with Gasteiger partial charge in [-0.05, 0) is 54.6 Å². The van der Waals surface area contributed by atoms with Crippen molar-refractivity contribution in [1.29, 1.82) is 0 Å². The van der Waals surface area contributed by atoms with E-state index in [9.17, 15) is 9.59 Å². The maximum absolute atomic E-state index is 12.3. The van der Waals surface area contributed by atoms with Crippen LogP contribution >= 0.6 is 15.9 Å². The average molecular weight is 398 g/mol. The van der Waals surface area contributed by atoms with Gasteiger partial charge in [0.05, 0.1) is 6.54 Å². The number of nitrogens with zero attached hydrogens (tertiary/aromatic N) is 1. The van der Waals surface area contributed by atoms with Gasteiger partial charge in [-0.1, -0.05) is 22.0 Å². The number of nitrogens with one attached hydrogen (secondary N) is 2. The molecule has 0 saturated carbocycles. The van der Waals surface area contributed by atoms with Crippen molar-refractivity contribution in [3.63, 3.8) is 0 Å². The number of hydrogen-bond acceptors (Lipinski definition) is 2. The number of benzene rings is 2. The lowest BCUT2D eigenvalue weighted by atomic mass is 10.2. The first kappa shape index (κ1) is 17.0. The fourth-order valence-corrected chi connectivity index (χ4v) is 2.58. The summed E-state index contributed by atoms with van der Waals surface area (Å²) in [7, 11) is 0. The summed E-state index contributed by atoms with van der Waals surface area (Å²) in [6.07, 6.45) is 3.81. The Balaban J connectivity index is 1.58. The molecule has 0 atom stereocenters. The summed E-state index contributed by atoms with van der Waals surface area (Å²) in [5, 5.41) is 5.36. The molecule has 0 aliphatic carbocycles. The second kappa shape index (κ2) is 7.81. The molecule has 25 heavy (non-hydrogen) atoms. The van der Waals surface area contributed by atoms with Crippen LogP contribution < -0.4 is 10.6 Å². The third-order valence-corrected chi connectivity index (χ3v) is 4.08. The van der Waals surface area contributed by atoms with E-state index < -0.39 is 0 Å². The van der Waals surface area contributed by atoms with Crippen molar-refractivity contribution in [2.45, 2.75) is 0 Å². The van der Waals surface area contributed by atoms with Gasteiger partial charge < -0.3 is 15.2 Å². The van der Waals surface area contributed by atoms with E-state index in [0.29, 0.717) is 11.3 Å². The Kier molecular flexibility index (Phi) is 5.30. The molecule has 0 aliphatic rings. The molecule has 1 heterocycles. The molecular weight excluding hydrogens is 382 g/mol. The predicted molar refractivity (Wildman–Crippen MR) is 101 cm³/mol. The minimum Gasteiger partial charge on any atom is -0.343 e. The van der Waals surface area contributed by atoms with E-state index in [1.54, 1.807) is 24.3 Å². The van der Waals surface area contributed by atoms with Crippen LogP contribution in [-0.2, 0) is 4.79 Å². The molecule has 2 aromatic carbocycles. The summed E-state index contributed by atoms with van der Waals surface area (Å²) in [4.78, 5) is 24.2. The molecule has 5 nitrogen and oxygen atoms in total. The highest BCUT2D eigenvalue weighted by Crippen LogP contribution is 2.14. The molecule has 2 amide bonds. The lowest BCUT2D eigenvalue weighted by molar-refractivity contribution is -0.115. The zero-order valence-corrected chi connectivity index (χ0v) is 14.9. The lowest BCUT2D eigenvalue weighted by Gasteiger charge is -2.09. The molecule has 3 rings (SSSR count). The smallest absolute Gasteiger partial charge is 0.251 e. The standard InChI is InChI=1S/C19H16BrN3O2/c20-15-6-8-16(9-7-15)22-18(24)13-21-19(25)14-4-3-5-17(12-14)23-10-1-2-11-23/h1-12H,13H2,(H,21,25)(H,22,24). The number of aromatic nitrogens is 1. The van der Waals surface area contributed by atoms with E-state index in [-0.39, 0.29) is 18.4 Å². The fraction of sp³-hybridized carbons (Fsp3) is 0.0526. The summed E-state index contributed by atoms with van der Waals surface area (Å²) in [6.45, 7) is -0.0946. The number of rotatable bonds is 5. The molecule has 126 valence electrons. The van der Waals surface area contributed by atoms with Crippen LogP contribution in [0.1, 0.15) is 10.4 Å². The van der Waals surface area contributed by atoms with E-state index in [1.807, 2.05) is 53.4 Å². The van der Waals surface area contributed by atoms with Gasteiger partial charge in [0, 0.05) is 33.8 Å². The molecule has 6 heteroatoms. The lowest BCUT2D eigenvalue weighted by Crippen LogP contribution is -2.32. The van der Waals surface area contributed by atoms with Crippen molar-refractivity contribution in [1.82, 2.24) is 9.88 Å². The number of hydrogen-bond donors (Lipinski definition) is 2. The number of amides is 2. The Morgan fingerprint density at radius 3 is 2.40 bits per heavy atom. The van der Waals surface area contributed by atoms with E-state index in [1.165, 1.54) is 0 Å². The summed E-state index contributed by atoms with van der Waals surface area (Å²) in [5.41, 5.74) is 2.07. The minimum atomic E-state index is -0.292. The van der Waals surface area contributed by atoms with Gasteiger partial charge in [-0.3, -0.25) is 9.59 Å². The number of anilines is 1. The van der Waals surface area contributed by atoms with Gasteiger partial charge in [0.2, 0.25) is 5.91 Å². The van der Waals surface area contributed by atoms with E-state index in [0.717, 1.165) is 10.2 Å². The van der Waals surface area contributed by atoms with Crippen molar-refractivity contribution in [2.24, 2.45) is 0 Å². The summed E-state index contributed by atoms with van der Waals surface area (Å²) < 4.78 is 2.85. The second-order valence-electron chi connectivity index (χ2n) is 5.38. The normalized spacial score (nSPS) is 10.3. The molecule has 0 fully saturated rings. The van der Waals surface area contributed by atoms with Crippen LogP contribution in [0.25, 0.3) is 5.69 Å². The van der Waals surface area contributed by atoms with Crippen LogP contribution in [0.2, 0.25) is 0 Å². The van der Waals surface area contributed by atoms with Gasteiger partial charge in [-0.15, -0.1) is 0 Å². The van der Waals surface area contributed by atoms with Crippen molar-refractivity contribution >= 4 is 33.4 Å². The van der Waals surface area contributed by atoms with Crippen LogP contribution in [0.15, 0.2) is 77.5 Å². The molecule has 3 aromatic rings. The van der Waals surface area contributed by atoms with Crippen LogP contribution in [0.5, 0.6) is 0 Å². The van der Waals surface area contributed by atoms with Gasteiger partial charge in [0.15, 0.2) is 0 Å². The predicted octanol–water partition coefficient (Wildman–Crippen LogP) is 3.61. The van der Waals surface area contributed by atoms with Crippen LogP contribution in [-0.4, -0.2) is 22.9 Å². The van der Waals surface area contributed by atoms with Gasteiger partial charge in [-0.25, -0.2) is 0 Å². The van der Waals surface area contributed by atoms with E-state index in [4.69, 9.17) is 0 Å². The first-order valence-electron chi connectivity index (χ1n) is 7.69. The zero-order chi connectivity index (χ0) is 17.6. The first-order chi connectivity index (χ1) is 12.1. The Hall–Kier alpha value is -2.86. The summed E-state index contributed by atoms with van der Waals surface area (Å²) >= 11 is 3.34. The molecule has 0 unspecified atom stereocenters. The molecule has 0 spiro atoms. The Morgan fingerprint density at radius 2 is 1.68 bits per heavy atom. The van der Waals surface area contributed by atoms with Crippen LogP contribution in [0.4, 0.5) is 5.69 Å². The van der Waals surface area contributed by atoms with Crippen molar-refractivity contribution in [3.8, 4) is 5.69 Å². The van der Waals surface area contributed by atoms with Crippen molar-refractivity contribution < 1.29 is 9.59 Å². The molecule has 2 N–H and O–H groups in total. The SMILES string of the molecule is O=C(CNC(=O)c1cccc(-n2cccc2)c1)Nc1ccc(Br)cc1. The number of halogens is 1.